The molecule has 0 aliphatic carbocycles. The van der Waals surface area contributed by atoms with E-state index in [1.165, 1.54) is 0 Å². The molecule has 3 heteroatoms. The molecule has 0 fully saturated rings. The van der Waals surface area contributed by atoms with Crippen molar-refractivity contribution in [2.75, 3.05) is 13.1 Å². The third-order valence-electron chi connectivity index (χ3n) is 2.44. The van der Waals surface area contributed by atoms with Gasteiger partial charge in [0, 0.05) is 13.0 Å². The zero-order valence-corrected chi connectivity index (χ0v) is 10.2. The number of carbonyl (C=O) groups is 1. The molecule has 0 aromatic carbocycles. The van der Waals surface area contributed by atoms with E-state index < -0.39 is 0 Å². The van der Waals surface area contributed by atoms with Crippen molar-refractivity contribution in [1.29, 1.82) is 0 Å². The van der Waals surface area contributed by atoms with E-state index in [2.05, 4.69) is 25.7 Å². The largest absolute Gasteiger partial charge is 0.352 e. The Bertz CT molecular complexity index is 222. The van der Waals surface area contributed by atoms with Crippen molar-refractivity contribution in [1.82, 2.24) is 5.32 Å². The molecule has 3 N–H and O–H groups in total. The maximum Gasteiger partial charge on any atom is 0.220 e. The van der Waals surface area contributed by atoms with Crippen LogP contribution in [0.15, 0.2) is 12.2 Å². The summed E-state index contributed by atoms with van der Waals surface area (Å²) >= 11 is 0. The summed E-state index contributed by atoms with van der Waals surface area (Å²) < 4.78 is 0. The number of carbonyl (C=O) groups excluding carboxylic acids is 1. The minimum Gasteiger partial charge on any atom is -0.352 e. The second kappa shape index (κ2) is 6.62. The van der Waals surface area contributed by atoms with Gasteiger partial charge in [-0.25, -0.2) is 0 Å². The molecule has 0 aromatic rings. The van der Waals surface area contributed by atoms with Crippen LogP contribution in [0.5, 0.6) is 0 Å². The highest BCUT2D eigenvalue weighted by Crippen LogP contribution is 2.25. The van der Waals surface area contributed by atoms with Crippen molar-refractivity contribution >= 4 is 5.91 Å². The average molecular weight is 212 g/mol. The van der Waals surface area contributed by atoms with Gasteiger partial charge in [0.25, 0.3) is 0 Å². The van der Waals surface area contributed by atoms with Gasteiger partial charge >= 0.3 is 0 Å². The number of hydrogen-bond donors (Lipinski definition) is 2. The molecule has 0 unspecified atom stereocenters. The third kappa shape index (κ3) is 8.18. The lowest BCUT2D eigenvalue weighted by atomic mass is 9.84. The maximum absolute atomic E-state index is 11.4. The van der Waals surface area contributed by atoms with Crippen LogP contribution in [0.4, 0.5) is 0 Å². The Hall–Kier alpha value is -0.830. The topological polar surface area (TPSA) is 55.1 Å². The van der Waals surface area contributed by atoms with Crippen LogP contribution in [0.3, 0.4) is 0 Å². The fraction of sp³-hybridized carbons (Fsp3) is 0.750. The minimum absolute atomic E-state index is 0.100. The van der Waals surface area contributed by atoms with E-state index >= 15 is 0 Å². The predicted molar refractivity (Wildman–Crippen MR) is 64.5 cm³/mol. The van der Waals surface area contributed by atoms with Crippen LogP contribution in [0.2, 0.25) is 0 Å². The van der Waals surface area contributed by atoms with Gasteiger partial charge in [-0.3, -0.25) is 4.79 Å². The van der Waals surface area contributed by atoms with Crippen molar-refractivity contribution in [3.63, 3.8) is 0 Å². The second-order valence-corrected chi connectivity index (χ2v) is 4.94. The molecule has 0 aliphatic heterocycles. The zero-order valence-electron chi connectivity index (χ0n) is 10.2. The summed E-state index contributed by atoms with van der Waals surface area (Å²) in [7, 11) is 0. The first kappa shape index (κ1) is 14.2. The third-order valence-corrected chi connectivity index (χ3v) is 2.44. The summed E-state index contributed by atoms with van der Waals surface area (Å²) in [6.45, 7) is 11.2. The lowest BCUT2D eigenvalue weighted by Gasteiger charge is -2.23. The highest BCUT2D eigenvalue weighted by molar-refractivity contribution is 5.76. The minimum atomic E-state index is 0.100. The molecule has 15 heavy (non-hydrogen) atoms. The van der Waals surface area contributed by atoms with Crippen molar-refractivity contribution in [2.45, 2.75) is 40.0 Å². The monoisotopic (exact) mass is 212 g/mol. The molecule has 0 atom stereocenters. The van der Waals surface area contributed by atoms with E-state index in [0.717, 1.165) is 18.4 Å². The Morgan fingerprint density at radius 1 is 1.40 bits per heavy atom. The second-order valence-electron chi connectivity index (χ2n) is 4.94. The highest BCUT2D eigenvalue weighted by atomic mass is 16.1. The van der Waals surface area contributed by atoms with Crippen molar-refractivity contribution < 1.29 is 4.79 Å². The summed E-state index contributed by atoms with van der Waals surface area (Å²) in [5.41, 5.74) is 6.65. The number of nitrogens with one attached hydrogen (secondary N) is 1. The molecular formula is C12H24N2O. The summed E-state index contributed by atoms with van der Waals surface area (Å²) in [6, 6.07) is 0. The van der Waals surface area contributed by atoms with E-state index in [1.807, 2.05) is 6.92 Å². The normalized spacial score (nSPS) is 11.2. The Morgan fingerprint density at radius 3 is 2.47 bits per heavy atom. The number of amides is 1. The quantitative estimate of drug-likeness (QED) is 0.633. The average Bonchev–Trinajstić information content (AvgIpc) is 2.11. The maximum atomic E-state index is 11.4. The van der Waals surface area contributed by atoms with Gasteiger partial charge in [0.15, 0.2) is 0 Å². The number of hydrogen-bond acceptors (Lipinski definition) is 2. The molecule has 0 aromatic heterocycles. The summed E-state index contributed by atoms with van der Waals surface area (Å²) in [5.74, 6) is 0.100. The fourth-order valence-electron chi connectivity index (χ4n) is 1.31. The molecule has 0 bridgehead atoms. The van der Waals surface area contributed by atoms with Crippen LogP contribution in [-0.4, -0.2) is 19.0 Å². The summed E-state index contributed by atoms with van der Waals surface area (Å²) in [4.78, 5) is 11.4. The smallest absolute Gasteiger partial charge is 0.220 e. The van der Waals surface area contributed by atoms with Gasteiger partial charge in [0.05, 0.1) is 0 Å². The molecule has 0 saturated carbocycles. The van der Waals surface area contributed by atoms with Crippen LogP contribution in [0.1, 0.15) is 40.0 Å². The first-order valence-electron chi connectivity index (χ1n) is 5.48. The fourth-order valence-corrected chi connectivity index (χ4v) is 1.31. The SMILES string of the molecule is C=C(C)CNC(=O)CCC(C)(C)CCN. The van der Waals surface area contributed by atoms with Gasteiger partial charge in [-0.1, -0.05) is 26.0 Å². The first-order valence-corrected chi connectivity index (χ1v) is 5.48. The van der Waals surface area contributed by atoms with Crippen molar-refractivity contribution in [2.24, 2.45) is 11.1 Å². The number of nitrogens with two attached hydrogens (primary N) is 1. The lowest BCUT2D eigenvalue weighted by Crippen LogP contribution is -2.27. The molecule has 0 heterocycles. The van der Waals surface area contributed by atoms with Gasteiger partial charge in [-0.05, 0) is 31.7 Å². The molecule has 0 rings (SSSR count). The zero-order chi connectivity index (χ0) is 11.9. The van der Waals surface area contributed by atoms with Gasteiger partial charge in [0.1, 0.15) is 0 Å². The van der Waals surface area contributed by atoms with Crippen LogP contribution in [-0.2, 0) is 4.79 Å². The van der Waals surface area contributed by atoms with Crippen LogP contribution in [0, 0.1) is 5.41 Å². The molecule has 88 valence electrons. The van der Waals surface area contributed by atoms with Crippen LogP contribution in [0.25, 0.3) is 0 Å². The molecule has 0 aliphatic rings. The Morgan fingerprint density at radius 2 is 2.00 bits per heavy atom. The Labute approximate surface area is 93.1 Å². The van der Waals surface area contributed by atoms with E-state index in [4.69, 9.17) is 5.73 Å². The van der Waals surface area contributed by atoms with E-state index in [-0.39, 0.29) is 11.3 Å². The Balaban J connectivity index is 3.74. The predicted octanol–water partition coefficient (Wildman–Crippen LogP) is 1.83. The Kier molecular flexibility index (Phi) is 6.25. The highest BCUT2D eigenvalue weighted by Gasteiger charge is 2.17. The molecule has 0 saturated heterocycles. The van der Waals surface area contributed by atoms with Gasteiger partial charge in [-0.15, -0.1) is 0 Å². The molecule has 0 radical (unpaired) electrons. The molecule has 1 amide bonds. The van der Waals surface area contributed by atoms with Gasteiger partial charge in [-0.2, -0.15) is 0 Å². The molecular weight excluding hydrogens is 188 g/mol. The van der Waals surface area contributed by atoms with Gasteiger partial charge < -0.3 is 11.1 Å². The van der Waals surface area contributed by atoms with Crippen LogP contribution < -0.4 is 11.1 Å². The molecule has 0 spiro atoms. The van der Waals surface area contributed by atoms with Crippen molar-refractivity contribution in [3.05, 3.63) is 12.2 Å². The van der Waals surface area contributed by atoms with E-state index in [1.54, 1.807) is 0 Å². The summed E-state index contributed by atoms with van der Waals surface area (Å²) in [6.07, 6.45) is 2.41. The van der Waals surface area contributed by atoms with Crippen LogP contribution >= 0.6 is 0 Å². The number of rotatable bonds is 7. The van der Waals surface area contributed by atoms with Gasteiger partial charge in [0.2, 0.25) is 5.91 Å². The van der Waals surface area contributed by atoms with E-state index in [0.29, 0.717) is 19.5 Å². The lowest BCUT2D eigenvalue weighted by molar-refractivity contribution is -0.121. The molecule has 3 nitrogen and oxygen atoms in total. The van der Waals surface area contributed by atoms with Crippen molar-refractivity contribution in [3.8, 4) is 0 Å². The van der Waals surface area contributed by atoms with E-state index in [9.17, 15) is 4.79 Å². The standard InChI is InChI=1S/C12H24N2O/c1-10(2)9-14-11(15)5-6-12(3,4)7-8-13/h1,5-9,13H2,2-4H3,(H,14,15). The summed E-state index contributed by atoms with van der Waals surface area (Å²) in [5, 5.41) is 2.83. The first-order chi connectivity index (χ1) is 6.87.